The number of aromatic amines is 1. The average molecular weight is 351 g/mol. The molecular weight excluding hydrogens is 326 g/mol. The number of rotatable bonds is 6. The fraction of sp³-hybridized carbons (Fsp3) is 0.450. The Kier molecular flexibility index (Phi) is 5.11. The fourth-order valence-corrected chi connectivity index (χ4v) is 3.97. The Morgan fingerprint density at radius 2 is 1.96 bits per heavy atom. The first-order chi connectivity index (χ1) is 12.8. The number of H-pyrrole nitrogens is 1. The number of fused-ring (bicyclic) bond motifs is 1. The highest BCUT2D eigenvalue weighted by Crippen LogP contribution is 2.37. The maximum Gasteiger partial charge on any atom is 0.160 e. The highest BCUT2D eigenvalue weighted by Gasteiger charge is 2.29. The van der Waals surface area contributed by atoms with Crippen molar-refractivity contribution in [3.05, 3.63) is 48.4 Å². The predicted molar refractivity (Wildman–Crippen MR) is 102 cm³/mol. The predicted octanol–water partition coefficient (Wildman–Crippen LogP) is 4.10. The molecule has 6 nitrogen and oxygen atoms in total. The highest BCUT2D eigenvalue weighted by atomic mass is 16.5. The van der Waals surface area contributed by atoms with Crippen LogP contribution in [0, 0.1) is 5.92 Å². The van der Waals surface area contributed by atoms with Crippen molar-refractivity contribution in [1.29, 1.82) is 0 Å². The average Bonchev–Trinajstić information content (AvgIpc) is 3.18. The van der Waals surface area contributed by atoms with Crippen molar-refractivity contribution in [3.8, 4) is 0 Å². The van der Waals surface area contributed by atoms with E-state index in [1.165, 1.54) is 5.56 Å². The van der Waals surface area contributed by atoms with E-state index in [9.17, 15) is 0 Å². The first kappa shape index (κ1) is 17.0. The fourth-order valence-electron chi connectivity index (χ4n) is 3.97. The van der Waals surface area contributed by atoms with Crippen LogP contribution in [0.1, 0.15) is 44.3 Å². The first-order valence-electron chi connectivity index (χ1n) is 9.42. The third-order valence-corrected chi connectivity index (χ3v) is 5.26. The van der Waals surface area contributed by atoms with Crippen LogP contribution in [0.5, 0.6) is 0 Å². The Morgan fingerprint density at radius 1 is 1.15 bits per heavy atom. The second kappa shape index (κ2) is 7.83. The van der Waals surface area contributed by atoms with Crippen molar-refractivity contribution in [1.82, 2.24) is 20.2 Å². The lowest BCUT2D eigenvalue weighted by molar-refractivity contribution is 0.00465. The topological polar surface area (TPSA) is 75.7 Å². The Morgan fingerprint density at radius 3 is 2.73 bits per heavy atom. The van der Waals surface area contributed by atoms with Crippen LogP contribution in [0.25, 0.3) is 11.0 Å². The van der Waals surface area contributed by atoms with E-state index in [2.05, 4.69) is 62.7 Å². The minimum Gasteiger partial charge on any atom is -0.374 e. The summed E-state index contributed by atoms with van der Waals surface area (Å²) >= 11 is 0. The van der Waals surface area contributed by atoms with Crippen LogP contribution in [0.15, 0.2) is 42.9 Å². The lowest BCUT2D eigenvalue weighted by Crippen LogP contribution is -2.29. The van der Waals surface area contributed by atoms with Crippen LogP contribution in [0.3, 0.4) is 0 Å². The van der Waals surface area contributed by atoms with Crippen LogP contribution in [0.2, 0.25) is 0 Å². The molecule has 0 radical (unpaired) electrons. The van der Waals surface area contributed by atoms with E-state index in [4.69, 9.17) is 4.74 Å². The molecule has 1 atom stereocenters. The molecule has 0 aliphatic heterocycles. The number of anilines is 1. The number of hydrogen-bond donors (Lipinski definition) is 2. The zero-order chi connectivity index (χ0) is 17.8. The monoisotopic (exact) mass is 351 g/mol. The summed E-state index contributed by atoms with van der Waals surface area (Å²) in [5, 5.41) is 11.5. The highest BCUT2D eigenvalue weighted by molar-refractivity contribution is 5.85. The van der Waals surface area contributed by atoms with Gasteiger partial charge in [0, 0.05) is 12.6 Å². The van der Waals surface area contributed by atoms with Crippen LogP contribution in [-0.4, -0.2) is 32.8 Å². The van der Waals surface area contributed by atoms with Crippen molar-refractivity contribution in [2.45, 2.75) is 44.8 Å². The molecule has 0 bridgehead atoms. The van der Waals surface area contributed by atoms with Gasteiger partial charge < -0.3 is 10.1 Å². The number of ether oxygens (including phenoxy) is 1. The van der Waals surface area contributed by atoms with Gasteiger partial charge >= 0.3 is 0 Å². The number of benzene rings is 1. The van der Waals surface area contributed by atoms with Crippen molar-refractivity contribution < 1.29 is 4.74 Å². The Labute approximate surface area is 153 Å². The van der Waals surface area contributed by atoms with Crippen molar-refractivity contribution in [2.24, 2.45) is 5.92 Å². The van der Waals surface area contributed by atoms with Crippen LogP contribution >= 0.6 is 0 Å². The molecule has 1 aromatic carbocycles. The SMILES string of the molecule is CCOC(c1ccccc1)C1CCC(Nc2ncnc3[nH]ncc23)CC1. The number of nitrogens with one attached hydrogen (secondary N) is 2. The van der Waals surface area contributed by atoms with E-state index in [-0.39, 0.29) is 6.10 Å². The standard InChI is InChI=1S/C20H25N5O/c1-2-26-18(14-6-4-3-5-7-14)15-8-10-16(11-9-15)24-19-17-12-23-25-20(17)22-13-21-19/h3-7,12-13,15-16,18H,2,8-11H2,1H3,(H2,21,22,23,24,25). The van der Waals surface area contributed by atoms with Gasteiger partial charge in [-0.1, -0.05) is 30.3 Å². The van der Waals surface area contributed by atoms with Gasteiger partial charge in [-0.25, -0.2) is 9.97 Å². The maximum atomic E-state index is 6.11. The summed E-state index contributed by atoms with van der Waals surface area (Å²) in [4.78, 5) is 8.60. The molecule has 26 heavy (non-hydrogen) atoms. The van der Waals surface area contributed by atoms with E-state index in [1.54, 1.807) is 12.5 Å². The zero-order valence-corrected chi connectivity index (χ0v) is 15.1. The third kappa shape index (κ3) is 3.55. The molecule has 1 aliphatic carbocycles. The van der Waals surface area contributed by atoms with E-state index < -0.39 is 0 Å². The summed E-state index contributed by atoms with van der Waals surface area (Å²) in [7, 11) is 0. The number of nitrogens with zero attached hydrogens (tertiary/aromatic N) is 3. The van der Waals surface area contributed by atoms with Gasteiger partial charge in [0.1, 0.15) is 12.1 Å². The summed E-state index contributed by atoms with van der Waals surface area (Å²) < 4.78 is 6.11. The molecule has 0 saturated heterocycles. The summed E-state index contributed by atoms with van der Waals surface area (Å²) in [5.74, 6) is 1.44. The summed E-state index contributed by atoms with van der Waals surface area (Å²) in [6, 6.07) is 11.0. The lowest BCUT2D eigenvalue weighted by Gasteiger charge is -2.34. The van der Waals surface area contributed by atoms with E-state index in [1.807, 2.05) is 0 Å². The van der Waals surface area contributed by atoms with Crippen LogP contribution in [0.4, 0.5) is 5.82 Å². The maximum absolute atomic E-state index is 6.11. The van der Waals surface area contributed by atoms with Gasteiger partial charge in [-0.15, -0.1) is 0 Å². The molecule has 6 heteroatoms. The molecule has 1 unspecified atom stereocenters. The van der Waals surface area contributed by atoms with Crippen LogP contribution < -0.4 is 5.32 Å². The molecule has 3 aromatic rings. The molecule has 1 aliphatic rings. The number of hydrogen-bond acceptors (Lipinski definition) is 5. The smallest absolute Gasteiger partial charge is 0.160 e. The van der Waals surface area contributed by atoms with Gasteiger partial charge in [0.2, 0.25) is 0 Å². The van der Waals surface area contributed by atoms with Gasteiger partial charge in [-0.3, -0.25) is 5.10 Å². The minimum absolute atomic E-state index is 0.196. The Bertz CT molecular complexity index is 826. The first-order valence-corrected chi connectivity index (χ1v) is 9.42. The third-order valence-electron chi connectivity index (χ3n) is 5.26. The largest absolute Gasteiger partial charge is 0.374 e. The summed E-state index contributed by atoms with van der Waals surface area (Å²) in [5.41, 5.74) is 2.07. The summed E-state index contributed by atoms with van der Waals surface area (Å²) in [6.45, 7) is 2.82. The molecule has 2 N–H and O–H groups in total. The molecule has 0 amide bonds. The molecule has 1 saturated carbocycles. The summed E-state index contributed by atoms with van der Waals surface area (Å²) in [6.07, 6.45) is 8.09. The van der Waals surface area contributed by atoms with Gasteiger partial charge in [-0.2, -0.15) is 5.10 Å². The second-order valence-corrected chi connectivity index (χ2v) is 6.90. The van der Waals surface area contributed by atoms with E-state index in [0.29, 0.717) is 12.0 Å². The normalized spacial score (nSPS) is 21.6. The van der Waals surface area contributed by atoms with E-state index in [0.717, 1.165) is 49.1 Å². The lowest BCUT2D eigenvalue weighted by atomic mass is 9.80. The second-order valence-electron chi connectivity index (χ2n) is 6.90. The van der Waals surface area contributed by atoms with Gasteiger partial charge in [-0.05, 0) is 44.1 Å². The molecule has 1 fully saturated rings. The molecular formula is C20H25N5O. The zero-order valence-electron chi connectivity index (χ0n) is 15.1. The quantitative estimate of drug-likeness (QED) is 0.699. The molecule has 136 valence electrons. The number of aromatic nitrogens is 4. The van der Waals surface area contributed by atoms with Crippen molar-refractivity contribution in [3.63, 3.8) is 0 Å². The Balaban J connectivity index is 1.41. The van der Waals surface area contributed by atoms with Crippen molar-refractivity contribution in [2.75, 3.05) is 11.9 Å². The van der Waals surface area contributed by atoms with Crippen LogP contribution in [-0.2, 0) is 4.74 Å². The van der Waals surface area contributed by atoms with Gasteiger partial charge in [0.15, 0.2) is 5.65 Å². The van der Waals surface area contributed by atoms with E-state index >= 15 is 0 Å². The minimum atomic E-state index is 0.196. The molecule has 0 spiro atoms. The molecule has 2 aromatic heterocycles. The van der Waals surface area contributed by atoms with Gasteiger partial charge in [0.05, 0.1) is 17.7 Å². The molecule has 4 rings (SSSR count). The van der Waals surface area contributed by atoms with Gasteiger partial charge in [0.25, 0.3) is 0 Å². The molecule has 2 heterocycles. The Hall–Kier alpha value is -2.47. The van der Waals surface area contributed by atoms with Crippen molar-refractivity contribution >= 4 is 16.9 Å².